The molecule has 1 unspecified atom stereocenters. The molecule has 1 saturated heterocycles. The predicted molar refractivity (Wildman–Crippen MR) is 79.8 cm³/mol. The SMILES string of the molecule is CC(C)(C)N1CCOC(CNC(=O)c2ccccc2)C1. The Morgan fingerprint density at radius 3 is 2.70 bits per heavy atom. The number of ether oxygens (including phenoxy) is 1. The number of carbonyl (C=O) groups excluding carboxylic acids is 1. The number of morpholine rings is 1. The third-order valence-electron chi connectivity index (χ3n) is 3.61. The van der Waals surface area contributed by atoms with E-state index in [0.717, 1.165) is 19.7 Å². The zero-order valence-corrected chi connectivity index (χ0v) is 12.6. The molecule has 0 bridgehead atoms. The Bertz CT molecular complexity index is 440. The molecular weight excluding hydrogens is 252 g/mol. The van der Waals surface area contributed by atoms with Crippen molar-refractivity contribution >= 4 is 5.91 Å². The fourth-order valence-electron chi connectivity index (χ4n) is 2.35. The van der Waals surface area contributed by atoms with E-state index >= 15 is 0 Å². The van der Waals surface area contributed by atoms with Gasteiger partial charge in [-0.05, 0) is 32.9 Å². The van der Waals surface area contributed by atoms with E-state index in [1.54, 1.807) is 0 Å². The summed E-state index contributed by atoms with van der Waals surface area (Å²) in [4.78, 5) is 14.4. The van der Waals surface area contributed by atoms with Crippen LogP contribution in [0.15, 0.2) is 30.3 Å². The lowest BCUT2D eigenvalue weighted by molar-refractivity contribution is -0.0557. The van der Waals surface area contributed by atoms with Gasteiger partial charge in [-0.1, -0.05) is 18.2 Å². The maximum absolute atomic E-state index is 12.0. The molecule has 110 valence electrons. The average Bonchev–Trinajstić information content (AvgIpc) is 2.45. The number of amides is 1. The second kappa shape index (κ2) is 6.37. The molecule has 0 aliphatic carbocycles. The summed E-state index contributed by atoms with van der Waals surface area (Å²) in [7, 11) is 0. The smallest absolute Gasteiger partial charge is 0.251 e. The van der Waals surface area contributed by atoms with Crippen molar-refractivity contribution in [2.24, 2.45) is 0 Å². The summed E-state index contributed by atoms with van der Waals surface area (Å²) in [6.07, 6.45) is 0.0654. The molecule has 20 heavy (non-hydrogen) atoms. The van der Waals surface area contributed by atoms with Gasteiger partial charge in [0.2, 0.25) is 0 Å². The Hall–Kier alpha value is -1.39. The molecule has 2 rings (SSSR count). The maximum Gasteiger partial charge on any atom is 0.251 e. The molecule has 1 N–H and O–H groups in total. The summed E-state index contributed by atoms with van der Waals surface area (Å²) >= 11 is 0. The Kier molecular flexibility index (Phi) is 4.78. The van der Waals surface area contributed by atoms with E-state index in [9.17, 15) is 4.79 Å². The number of hydrogen-bond donors (Lipinski definition) is 1. The summed E-state index contributed by atoms with van der Waals surface area (Å²) in [6.45, 7) is 9.71. The van der Waals surface area contributed by atoms with Crippen LogP contribution in [0.3, 0.4) is 0 Å². The molecule has 0 spiro atoms. The molecule has 1 atom stereocenters. The first kappa shape index (κ1) is 15.0. The van der Waals surface area contributed by atoms with Gasteiger partial charge in [0.05, 0.1) is 12.7 Å². The van der Waals surface area contributed by atoms with Gasteiger partial charge in [0.1, 0.15) is 0 Å². The van der Waals surface area contributed by atoms with E-state index in [2.05, 4.69) is 31.0 Å². The average molecular weight is 276 g/mol. The summed E-state index contributed by atoms with van der Waals surface area (Å²) in [5, 5.41) is 2.95. The lowest BCUT2D eigenvalue weighted by Gasteiger charge is -2.41. The molecule has 1 aromatic rings. The van der Waals surface area contributed by atoms with Crippen molar-refractivity contribution < 1.29 is 9.53 Å². The van der Waals surface area contributed by atoms with Crippen molar-refractivity contribution in [1.82, 2.24) is 10.2 Å². The molecule has 1 amide bonds. The van der Waals surface area contributed by atoms with Crippen LogP contribution in [0.1, 0.15) is 31.1 Å². The molecule has 1 fully saturated rings. The molecule has 1 aliphatic rings. The Labute approximate surface area is 121 Å². The highest BCUT2D eigenvalue weighted by atomic mass is 16.5. The third-order valence-corrected chi connectivity index (χ3v) is 3.61. The second-order valence-corrected chi connectivity index (χ2v) is 6.19. The number of benzene rings is 1. The summed E-state index contributed by atoms with van der Waals surface area (Å²) in [5.41, 5.74) is 0.835. The van der Waals surface area contributed by atoms with Crippen LogP contribution in [0, 0.1) is 0 Å². The minimum Gasteiger partial charge on any atom is -0.374 e. The first-order valence-electron chi connectivity index (χ1n) is 7.17. The Morgan fingerprint density at radius 1 is 1.35 bits per heavy atom. The van der Waals surface area contributed by atoms with Gasteiger partial charge in [-0.3, -0.25) is 9.69 Å². The van der Waals surface area contributed by atoms with Crippen LogP contribution in [0.25, 0.3) is 0 Å². The zero-order valence-electron chi connectivity index (χ0n) is 12.6. The van der Waals surface area contributed by atoms with Gasteiger partial charge in [0.15, 0.2) is 0 Å². The second-order valence-electron chi connectivity index (χ2n) is 6.19. The van der Waals surface area contributed by atoms with Gasteiger partial charge in [0.25, 0.3) is 5.91 Å². The number of rotatable bonds is 3. The van der Waals surface area contributed by atoms with Crippen molar-refractivity contribution in [3.05, 3.63) is 35.9 Å². The van der Waals surface area contributed by atoms with Crippen LogP contribution in [0.5, 0.6) is 0 Å². The van der Waals surface area contributed by atoms with Crippen molar-refractivity contribution in [3.8, 4) is 0 Å². The monoisotopic (exact) mass is 276 g/mol. The highest BCUT2D eigenvalue weighted by Gasteiger charge is 2.28. The van der Waals surface area contributed by atoms with Gasteiger partial charge >= 0.3 is 0 Å². The number of carbonyl (C=O) groups is 1. The highest BCUT2D eigenvalue weighted by Crippen LogP contribution is 2.17. The lowest BCUT2D eigenvalue weighted by atomic mass is 10.0. The van der Waals surface area contributed by atoms with Crippen LogP contribution in [0.4, 0.5) is 0 Å². The van der Waals surface area contributed by atoms with Crippen LogP contribution in [0.2, 0.25) is 0 Å². The van der Waals surface area contributed by atoms with E-state index in [1.165, 1.54) is 0 Å². The van der Waals surface area contributed by atoms with E-state index < -0.39 is 0 Å². The van der Waals surface area contributed by atoms with E-state index in [1.807, 2.05) is 30.3 Å². The number of hydrogen-bond acceptors (Lipinski definition) is 3. The predicted octanol–water partition coefficient (Wildman–Crippen LogP) is 1.92. The zero-order chi connectivity index (χ0) is 14.6. The highest BCUT2D eigenvalue weighted by molar-refractivity contribution is 5.94. The maximum atomic E-state index is 12.0. The quantitative estimate of drug-likeness (QED) is 0.917. The molecule has 0 radical (unpaired) electrons. The van der Waals surface area contributed by atoms with Crippen LogP contribution in [-0.2, 0) is 4.74 Å². The van der Waals surface area contributed by atoms with Gasteiger partial charge in [-0.15, -0.1) is 0 Å². The van der Waals surface area contributed by atoms with Crippen LogP contribution in [-0.4, -0.2) is 48.7 Å². The third kappa shape index (κ3) is 4.05. The molecule has 0 aromatic heterocycles. The molecular formula is C16H24N2O2. The molecule has 0 saturated carbocycles. The van der Waals surface area contributed by atoms with Gasteiger partial charge in [0, 0.05) is 30.7 Å². The summed E-state index contributed by atoms with van der Waals surface area (Å²) in [6, 6.07) is 9.28. The van der Waals surface area contributed by atoms with Gasteiger partial charge in [-0.2, -0.15) is 0 Å². The van der Waals surface area contributed by atoms with E-state index in [-0.39, 0.29) is 17.6 Å². The first-order valence-corrected chi connectivity index (χ1v) is 7.17. The molecule has 1 aromatic carbocycles. The van der Waals surface area contributed by atoms with Gasteiger partial charge in [-0.25, -0.2) is 0 Å². The molecule has 4 heteroatoms. The van der Waals surface area contributed by atoms with E-state index in [0.29, 0.717) is 12.1 Å². The normalized spacial score (nSPS) is 20.6. The molecule has 1 aliphatic heterocycles. The largest absolute Gasteiger partial charge is 0.374 e. The van der Waals surface area contributed by atoms with Gasteiger partial charge < -0.3 is 10.1 Å². The lowest BCUT2D eigenvalue weighted by Crippen LogP contribution is -2.53. The fraction of sp³-hybridized carbons (Fsp3) is 0.562. The Morgan fingerprint density at radius 2 is 2.05 bits per heavy atom. The topological polar surface area (TPSA) is 41.6 Å². The standard InChI is InChI=1S/C16H24N2O2/c1-16(2,3)18-9-10-20-14(12-18)11-17-15(19)13-7-5-4-6-8-13/h4-8,14H,9-12H2,1-3H3,(H,17,19). The number of nitrogens with zero attached hydrogens (tertiary/aromatic N) is 1. The van der Waals surface area contributed by atoms with Crippen molar-refractivity contribution in [2.45, 2.75) is 32.4 Å². The minimum absolute atomic E-state index is 0.0397. The Balaban J connectivity index is 1.84. The van der Waals surface area contributed by atoms with Crippen molar-refractivity contribution in [1.29, 1.82) is 0 Å². The van der Waals surface area contributed by atoms with Crippen LogP contribution >= 0.6 is 0 Å². The van der Waals surface area contributed by atoms with Crippen molar-refractivity contribution in [2.75, 3.05) is 26.2 Å². The van der Waals surface area contributed by atoms with Crippen LogP contribution < -0.4 is 5.32 Å². The fourth-order valence-corrected chi connectivity index (χ4v) is 2.35. The minimum atomic E-state index is -0.0397. The molecule has 1 heterocycles. The molecule has 4 nitrogen and oxygen atoms in total. The first-order chi connectivity index (χ1) is 9.47. The summed E-state index contributed by atoms with van der Waals surface area (Å²) < 4.78 is 5.73. The van der Waals surface area contributed by atoms with Crippen molar-refractivity contribution in [3.63, 3.8) is 0 Å². The summed E-state index contributed by atoms with van der Waals surface area (Å²) in [5.74, 6) is -0.0397. The van der Waals surface area contributed by atoms with E-state index in [4.69, 9.17) is 4.74 Å². The number of nitrogens with one attached hydrogen (secondary N) is 1.